The van der Waals surface area contributed by atoms with Crippen molar-refractivity contribution >= 4 is 5.97 Å². The van der Waals surface area contributed by atoms with Crippen molar-refractivity contribution in [2.24, 2.45) is 17.3 Å². The first-order valence-electron chi connectivity index (χ1n) is 6.12. The molecule has 3 atom stereocenters. The topological polar surface area (TPSA) is 26.3 Å². The molecule has 0 bridgehead atoms. The van der Waals surface area contributed by atoms with Gasteiger partial charge < -0.3 is 4.74 Å². The molecule has 0 aromatic heterocycles. The highest BCUT2D eigenvalue weighted by Crippen LogP contribution is 2.69. The highest BCUT2D eigenvalue weighted by molar-refractivity contribution is 5.67. The van der Waals surface area contributed by atoms with Gasteiger partial charge in [-0.1, -0.05) is 25.5 Å². The van der Waals surface area contributed by atoms with Crippen molar-refractivity contribution in [1.82, 2.24) is 0 Å². The highest BCUT2D eigenvalue weighted by atomic mass is 16.6. The Balaban J connectivity index is 2.12. The molecule has 0 aromatic rings. The molecule has 0 heterocycles. The summed E-state index contributed by atoms with van der Waals surface area (Å²) in [5.41, 5.74) is 1.52. The lowest BCUT2D eigenvalue weighted by Gasteiger charge is -2.19. The second kappa shape index (κ2) is 3.35. The predicted molar refractivity (Wildman–Crippen MR) is 63.9 cm³/mol. The molecule has 0 spiro atoms. The van der Waals surface area contributed by atoms with Crippen LogP contribution in [0.3, 0.4) is 0 Å². The second-order valence-electron chi connectivity index (χ2n) is 6.35. The molecule has 0 aliphatic heterocycles. The van der Waals surface area contributed by atoms with E-state index in [9.17, 15) is 4.79 Å². The van der Waals surface area contributed by atoms with E-state index in [1.54, 1.807) is 0 Å². The van der Waals surface area contributed by atoms with E-state index >= 15 is 0 Å². The van der Waals surface area contributed by atoms with Crippen molar-refractivity contribution in [2.45, 2.75) is 53.1 Å². The quantitative estimate of drug-likeness (QED) is 0.541. The summed E-state index contributed by atoms with van der Waals surface area (Å²) in [6, 6.07) is 0. The number of carbonyl (C=O) groups is 1. The average molecular weight is 222 g/mol. The Morgan fingerprint density at radius 2 is 1.81 bits per heavy atom. The number of allylic oxidation sites excluding steroid dienone is 1. The molecule has 2 heteroatoms. The molecular formula is C14H22O2. The zero-order valence-electron chi connectivity index (χ0n) is 11.0. The van der Waals surface area contributed by atoms with Crippen LogP contribution in [-0.4, -0.2) is 11.6 Å². The summed E-state index contributed by atoms with van der Waals surface area (Å²) in [5.74, 6) is 0.880. The van der Waals surface area contributed by atoms with Crippen molar-refractivity contribution in [1.29, 1.82) is 0 Å². The van der Waals surface area contributed by atoms with E-state index in [0.29, 0.717) is 17.3 Å². The van der Waals surface area contributed by atoms with Gasteiger partial charge in [-0.2, -0.15) is 0 Å². The van der Waals surface area contributed by atoms with Gasteiger partial charge in [0.15, 0.2) is 0 Å². The molecule has 2 aliphatic carbocycles. The largest absolute Gasteiger partial charge is 0.458 e. The molecule has 0 amide bonds. The molecule has 2 rings (SSSR count). The summed E-state index contributed by atoms with van der Waals surface area (Å²) in [4.78, 5) is 11.2. The SMILES string of the molecule is CC(=O)OC1(C2CC2(C)C)CC1C=C(C)C. The second-order valence-corrected chi connectivity index (χ2v) is 6.35. The Labute approximate surface area is 98.1 Å². The maximum atomic E-state index is 11.2. The number of esters is 1. The van der Waals surface area contributed by atoms with E-state index in [2.05, 4.69) is 33.8 Å². The third-order valence-electron chi connectivity index (χ3n) is 3.98. The van der Waals surface area contributed by atoms with E-state index in [-0.39, 0.29) is 11.6 Å². The average Bonchev–Trinajstić information content (AvgIpc) is 2.89. The Morgan fingerprint density at radius 3 is 2.19 bits per heavy atom. The monoisotopic (exact) mass is 222 g/mol. The molecule has 2 fully saturated rings. The van der Waals surface area contributed by atoms with Crippen molar-refractivity contribution < 1.29 is 9.53 Å². The Morgan fingerprint density at radius 1 is 1.25 bits per heavy atom. The molecule has 2 saturated carbocycles. The summed E-state index contributed by atoms with van der Waals surface area (Å²) in [7, 11) is 0. The van der Waals surface area contributed by atoms with Crippen LogP contribution in [0.5, 0.6) is 0 Å². The summed E-state index contributed by atoms with van der Waals surface area (Å²) >= 11 is 0. The van der Waals surface area contributed by atoms with Crippen LogP contribution in [0, 0.1) is 17.3 Å². The van der Waals surface area contributed by atoms with Crippen LogP contribution < -0.4 is 0 Å². The van der Waals surface area contributed by atoms with Crippen LogP contribution in [0.1, 0.15) is 47.5 Å². The van der Waals surface area contributed by atoms with E-state index in [0.717, 1.165) is 6.42 Å². The zero-order valence-corrected chi connectivity index (χ0v) is 11.0. The molecule has 0 radical (unpaired) electrons. The van der Waals surface area contributed by atoms with Gasteiger partial charge in [-0.05, 0) is 32.1 Å². The van der Waals surface area contributed by atoms with E-state index < -0.39 is 0 Å². The van der Waals surface area contributed by atoms with Gasteiger partial charge in [0.2, 0.25) is 0 Å². The van der Waals surface area contributed by atoms with Crippen molar-refractivity contribution in [3.63, 3.8) is 0 Å². The molecule has 3 unspecified atom stereocenters. The Kier molecular flexibility index (Phi) is 2.45. The standard InChI is InChI=1S/C14H22O2/c1-9(2)6-11-7-14(11,16-10(3)15)12-8-13(12,4)5/h6,11-12H,7-8H2,1-5H3. The number of rotatable bonds is 3. The molecule has 0 N–H and O–H groups in total. The summed E-state index contributed by atoms with van der Waals surface area (Å²) in [5, 5.41) is 0. The molecule has 2 aliphatic rings. The molecule has 2 nitrogen and oxygen atoms in total. The Hall–Kier alpha value is -0.790. The molecular weight excluding hydrogens is 200 g/mol. The van der Waals surface area contributed by atoms with Gasteiger partial charge in [-0.3, -0.25) is 4.79 Å². The lowest BCUT2D eigenvalue weighted by Crippen LogP contribution is -2.25. The van der Waals surface area contributed by atoms with Crippen LogP contribution in [0.4, 0.5) is 0 Å². The molecule has 0 aromatic carbocycles. The lowest BCUT2D eigenvalue weighted by molar-refractivity contribution is -0.151. The summed E-state index contributed by atoms with van der Waals surface area (Å²) < 4.78 is 5.64. The smallest absolute Gasteiger partial charge is 0.303 e. The predicted octanol–water partition coefficient (Wildman–Crippen LogP) is 3.32. The minimum atomic E-state index is -0.160. The van der Waals surface area contributed by atoms with Gasteiger partial charge in [0.25, 0.3) is 0 Å². The van der Waals surface area contributed by atoms with Gasteiger partial charge >= 0.3 is 5.97 Å². The van der Waals surface area contributed by atoms with Crippen LogP contribution in [0.15, 0.2) is 11.6 Å². The third-order valence-corrected chi connectivity index (χ3v) is 3.98. The van der Waals surface area contributed by atoms with Crippen LogP contribution in [0.25, 0.3) is 0 Å². The van der Waals surface area contributed by atoms with Gasteiger partial charge in [-0.15, -0.1) is 0 Å². The number of carbonyl (C=O) groups excluding carboxylic acids is 1. The number of hydrogen-bond donors (Lipinski definition) is 0. The first-order valence-corrected chi connectivity index (χ1v) is 6.12. The maximum absolute atomic E-state index is 11.2. The zero-order chi connectivity index (χ0) is 12.1. The third kappa shape index (κ3) is 1.90. The van der Waals surface area contributed by atoms with Crippen LogP contribution in [-0.2, 0) is 9.53 Å². The fourth-order valence-corrected chi connectivity index (χ4v) is 3.05. The maximum Gasteiger partial charge on any atom is 0.303 e. The fraction of sp³-hybridized carbons (Fsp3) is 0.786. The minimum Gasteiger partial charge on any atom is -0.458 e. The van der Waals surface area contributed by atoms with Gasteiger partial charge in [0, 0.05) is 18.8 Å². The number of hydrogen-bond acceptors (Lipinski definition) is 2. The van der Waals surface area contributed by atoms with E-state index in [1.807, 2.05) is 0 Å². The van der Waals surface area contributed by atoms with E-state index in [1.165, 1.54) is 18.9 Å². The number of ether oxygens (including phenoxy) is 1. The van der Waals surface area contributed by atoms with Gasteiger partial charge in [-0.25, -0.2) is 0 Å². The highest BCUT2D eigenvalue weighted by Gasteiger charge is 2.70. The molecule has 90 valence electrons. The first-order chi connectivity index (χ1) is 7.28. The van der Waals surface area contributed by atoms with E-state index in [4.69, 9.17) is 4.74 Å². The Bertz CT molecular complexity index is 350. The van der Waals surface area contributed by atoms with Crippen molar-refractivity contribution in [3.05, 3.63) is 11.6 Å². The summed E-state index contributed by atoms with van der Waals surface area (Å²) in [6.45, 7) is 10.3. The minimum absolute atomic E-state index is 0.132. The van der Waals surface area contributed by atoms with Crippen LogP contribution in [0.2, 0.25) is 0 Å². The van der Waals surface area contributed by atoms with Gasteiger partial charge in [0.05, 0.1) is 0 Å². The van der Waals surface area contributed by atoms with Crippen molar-refractivity contribution in [2.75, 3.05) is 0 Å². The fourth-order valence-electron chi connectivity index (χ4n) is 3.05. The lowest BCUT2D eigenvalue weighted by atomic mass is 10.0. The molecule has 0 saturated heterocycles. The van der Waals surface area contributed by atoms with Gasteiger partial charge in [0.1, 0.15) is 5.60 Å². The first kappa shape index (κ1) is 11.7. The molecule has 16 heavy (non-hydrogen) atoms. The van der Waals surface area contributed by atoms with Crippen molar-refractivity contribution in [3.8, 4) is 0 Å². The summed E-state index contributed by atoms with van der Waals surface area (Å²) in [6.07, 6.45) is 4.47. The van der Waals surface area contributed by atoms with Crippen LogP contribution >= 0.6 is 0 Å². The normalized spacial score (nSPS) is 38.8.